The Balaban J connectivity index is 3.41. The highest BCUT2D eigenvalue weighted by Crippen LogP contribution is 1.83. The van der Waals surface area contributed by atoms with Gasteiger partial charge in [-0.25, -0.2) is 4.79 Å². The van der Waals surface area contributed by atoms with Gasteiger partial charge in [0.15, 0.2) is 5.78 Å². The van der Waals surface area contributed by atoms with Crippen molar-refractivity contribution in [2.24, 2.45) is 0 Å². The van der Waals surface area contributed by atoms with E-state index in [-0.39, 0.29) is 12.4 Å². The van der Waals surface area contributed by atoms with E-state index in [9.17, 15) is 9.59 Å². The average Bonchev–Trinajstić information content (AvgIpc) is 1.97. The summed E-state index contributed by atoms with van der Waals surface area (Å²) in [6, 6.07) is 0. The zero-order valence-electron chi connectivity index (χ0n) is 6.49. The molecule has 0 radical (unpaired) electrons. The third-order valence-electron chi connectivity index (χ3n) is 0.817. The van der Waals surface area contributed by atoms with Gasteiger partial charge in [0.25, 0.3) is 0 Å². The number of rotatable bonds is 3. The molecule has 0 amide bonds. The predicted molar refractivity (Wildman–Crippen MR) is 38.2 cm³/mol. The first kappa shape index (κ1) is 9.68. The molecule has 0 aromatic heterocycles. The average molecular weight is 158 g/mol. The lowest BCUT2D eigenvalue weighted by Crippen LogP contribution is -2.03. The van der Waals surface area contributed by atoms with Crippen molar-refractivity contribution in [3.8, 4) is 0 Å². The first-order valence-electron chi connectivity index (χ1n) is 3.04. The zero-order valence-corrected chi connectivity index (χ0v) is 6.49. The minimum absolute atomic E-state index is 0.0618. The highest BCUT2D eigenvalue weighted by atomic mass is 16.7. The molecular formula is C7H10O4. The number of hydrogen-bond donors (Lipinski definition) is 0. The Morgan fingerprint density at radius 2 is 2.09 bits per heavy atom. The summed E-state index contributed by atoms with van der Waals surface area (Å²) in [5, 5.41) is 0. The van der Waals surface area contributed by atoms with Crippen LogP contribution in [0.3, 0.4) is 0 Å². The number of carbonyl (C=O) groups excluding carboxylic acids is 2. The van der Waals surface area contributed by atoms with Crippen molar-refractivity contribution in [3.05, 3.63) is 12.2 Å². The molecule has 0 heterocycles. The van der Waals surface area contributed by atoms with Crippen LogP contribution in [-0.2, 0) is 14.3 Å². The molecule has 0 bridgehead atoms. The van der Waals surface area contributed by atoms with Gasteiger partial charge in [0.05, 0.1) is 7.11 Å². The fraction of sp³-hybridized carbons (Fsp3) is 0.429. The molecule has 0 rings (SSSR count). The van der Waals surface area contributed by atoms with Gasteiger partial charge in [-0.15, -0.1) is 0 Å². The standard InChI is InChI=1S/C7H10O4/c1-6(8)4-3-5-11-7(9)10-2/h3-4H,5H2,1-2H3/b4-3+. The second-order valence-electron chi connectivity index (χ2n) is 1.78. The third kappa shape index (κ3) is 6.57. The summed E-state index contributed by atoms with van der Waals surface area (Å²) >= 11 is 0. The Bertz CT molecular complexity index is 171. The topological polar surface area (TPSA) is 52.6 Å². The first-order chi connectivity index (χ1) is 5.16. The second kappa shape index (κ2) is 5.46. The van der Waals surface area contributed by atoms with Crippen LogP contribution in [0, 0.1) is 0 Å². The van der Waals surface area contributed by atoms with Crippen LogP contribution in [0.5, 0.6) is 0 Å². The van der Waals surface area contributed by atoms with Crippen molar-refractivity contribution >= 4 is 11.9 Å². The molecule has 0 aromatic rings. The molecule has 0 spiro atoms. The molecule has 0 saturated carbocycles. The van der Waals surface area contributed by atoms with Crippen LogP contribution in [0.4, 0.5) is 4.79 Å². The lowest BCUT2D eigenvalue weighted by molar-refractivity contribution is -0.112. The van der Waals surface area contributed by atoms with Crippen LogP contribution in [-0.4, -0.2) is 25.7 Å². The van der Waals surface area contributed by atoms with Gasteiger partial charge in [-0.1, -0.05) is 0 Å². The zero-order chi connectivity index (χ0) is 8.69. The molecule has 0 N–H and O–H groups in total. The van der Waals surface area contributed by atoms with Gasteiger partial charge in [-0.2, -0.15) is 0 Å². The molecule has 0 saturated heterocycles. The Morgan fingerprint density at radius 3 is 2.55 bits per heavy atom. The summed E-state index contributed by atoms with van der Waals surface area (Å²) in [5.74, 6) is -0.0848. The minimum Gasteiger partial charge on any atom is -0.438 e. The number of methoxy groups -OCH3 is 1. The first-order valence-corrected chi connectivity index (χ1v) is 3.04. The smallest absolute Gasteiger partial charge is 0.438 e. The number of carbonyl (C=O) groups is 2. The molecule has 0 aliphatic carbocycles. The van der Waals surface area contributed by atoms with Gasteiger partial charge >= 0.3 is 6.16 Å². The molecule has 4 heteroatoms. The lowest BCUT2D eigenvalue weighted by Gasteiger charge is -1.96. The van der Waals surface area contributed by atoms with E-state index < -0.39 is 6.16 Å². The van der Waals surface area contributed by atoms with E-state index in [1.807, 2.05) is 0 Å². The van der Waals surface area contributed by atoms with Crippen molar-refractivity contribution in [2.75, 3.05) is 13.7 Å². The Morgan fingerprint density at radius 1 is 1.45 bits per heavy atom. The van der Waals surface area contributed by atoms with E-state index in [2.05, 4.69) is 9.47 Å². The Labute approximate surface area is 64.8 Å². The van der Waals surface area contributed by atoms with E-state index in [0.717, 1.165) is 0 Å². The fourth-order valence-electron chi connectivity index (χ4n) is 0.389. The molecule has 0 unspecified atom stereocenters. The van der Waals surface area contributed by atoms with Gasteiger partial charge in [0.2, 0.25) is 0 Å². The van der Waals surface area contributed by atoms with Crippen LogP contribution in [0.1, 0.15) is 6.92 Å². The number of allylic oxidation sites excluding steroid dienone is 1. The van der Waals surface area contributed by atoms with E-state index in [1.54, 1.807) is 0 Å². The van der Waals surface area contributed by atoms with E-state index in [4.69, 9.17) is 0 Å². The van der Waals surface area contributed by atoms with Crippen molar-refractivity contribution in [1.82, 2.24) is 0 Å². The summed E-state index contributed by atoms with van der Waals surface area (Å²) in [5.41, 5.74) is 0. The molecule has 62 valence electrons. The summed E-state index contributed by atoms with van der Waals surface area (Å²) in [6.45, 7) is 1.47. The summed E-state index contributed by atoms with van der Waals surface area (Å²) in [7, 11) is 1.22. The van der Waals surface area contributed by atoms with E-state index >= 15 is 0 Å². The third-order valence-corrected chi connectivity index (χ3v) is 0.817. The van der Waals surface area contributed by atoms with Crippen molar-refractivity contribution in [3.63, 3.8) is 0 Å². The SMILES string of the molecule is COC(=O)OC/C=C/C(C)=O. The summed E-state index contributed by atoms with van der Waals surface area (Å²) < 4.78 is 8.62. The molecule has 0 atom stereocenters. The van der Waals surface area contributed by atoms with Crippen LogP contribution < -0.4 is 0 Å². The van der Waals surface area contributed by atoms with Crippen LogP contribution in [0.15, 0.2) is 12.2 Å². The Kier molecular flexibility index (Phi) is 4.81. The molecule has 11 heavy (non-hydrogen) atoms. The maximum atomic E-state index is 10.3. The normalized spacial score (nSPS) is 9.64. The molecule has 0 fully saturated rings. The molecule has 4 nitrogen and oxygen atoms in total. The van der Waals surface area contributed by atoms with Crippen LogP contribution in [0.2, 0.25) is 0 Å². The van der Waals surface area contributed by atoms with Gasteiger partial charge in [-0.3, -0.25) is 4.79 Å². The van der Waals surface area contributed by atoms with Crippen molar-refractivity contribution < 1.29 is 19.1 Å². The maximum absolute atomic E-state index is 10.3. The van der Waals surface area contributed by atoms with Crippen molar-refractivity contribution in [2.45, 2.75) is 6.92 Å². The van der Waals surface area contributed by atoms with Crippen molar-refractivity contribution in [1.29, 1.82) is 0 Å². The van der Waals surface area contributed by atoms with Gasteiger partial charge in [0.1, 0.15) is 6.61 Å². The van der Waals surface area contributed by atoms with Gasteiger partial charge in [0, 0.05) is 0 Å². The number of ketones is 1. The van der Waals surface area contributed by atoms with Gasteiger partial charge < -0.3 is 9.47 Å². The largest absolute Gasteiger partial charge is 0.508 e. The Hall–Kier alpha value is -1.32. The summed E-state index contributed by atoms with van der Waals surface area (Å²) in [6.07, 6.45) is 2.01. The highest BCUT2D eigenvalue weighted by molar-refractivity contribution is 5.87. The van der Waals surface area contributed by atoms with Gasteiger partial charge in [-0.05, 0) is 19.1 Å². The highest BCUT2D eigenvalue weighted by Gasteiger charge is 1.95. The van der Waals surface area contributed by atoms with Crippen LogP contribution >= 0.6 is 0 Å². The van der Waals surface area contributed by atoms with Crippen LogP contribution in [0.25, 0.3) is 0 Å². The predicted octanol–water partition coefficient (Wildman–Crippen LogP) is 0.915. The second-order valence-corrected chi connectivity index (χ2v) is 1.78. The summed E-state index contributed by atoms with van der Waals surface area (Å²) in [4.78, 5) is 20.6. The lowest BCUT2D eigenvalue weighted by atomic mass is 10.4. The number of ether oxygens (including phenoxy) is 2. The van der Waals surface area contributed by atoms with E-state index in [0.29, 0.717) is 0 Å². The maximum Gasteiger partial charge on any atom is 0.508 e. The molecular weight excluding hydrogens is 148 g/mol. The number of hydrogen-bond acceptors (Lipinski definition) is 4. The molecule has 0 aromatic carbocycles. The monoisotopic (exact) mass is 158 g/mol. The van der Waals surface area contributed by atoms with E-state index in [1.165, 1.54) is 26.2 Å². The molecule has 0 aliphatic rings. The fourth-order valence-corrected chi connectivity index (χ4v) is 0.389. The minimum atomic E-state index is -0.752. The quantitative estimate of drug-likeness (QED) is 0.452. The molecule has 0 aliphatic heterocycles.